The van der Waals surface area contributed by atoms with Crippen LogP contribution in [0.1, 0.15) is 30.1 Å². The summed E-state index contributed by atoms with van der Waals surface area (Å²) in [5.41, 5.74) is 0.464. The zero-order chi connectivity index (χ0) is 15.9. The van der Waals surface area contributed by atoms with Gasteiger partial charge < -0.3 is 9.47 Å². The van der Waals surface area contributed by atoms with Gasteiger partial charge in [-0.05, 0) is 43.0 Å². The minimum absolute atomic E-state index is 0.0119. The summed E-state index contributed by atoms with van der Waals surface area (Å²) >= 11 is 0. The molecule has 1 unspecified atom stereocenters. The summed E-state index contributed by atoms with van der Waals surface area (Å²) in [5, 5.41) is 4.96. The quantitative estimate of drug-likeness (QED) is 0.734. The zero-order valence-corrected chi connectivity index (χ0v) is 13.1. The Morgan fingerprint density at radius 2 is 1.86 bits per heavy atom. The molecule has 1 aromatic carbocycles. The molecular weight excluding hydrogens is 294 g/mol. The molecule has 0 aliphatic rings. The minimum atomic E-state index is -3.40. The van der Waals surface area contributed by atoms with Crippen LogP contribution in [0.2, 0.25) is 0 Å². The second-order valence-corrected chi connectivity index (χ2v) is 6.65. The predicted molar refractivity (Wildman–Crippen MR) is 79.6 cm³/mol. The third-order valence-electron chi connectivity index (χ3n) is 3.05. The maximum Gasteiger partial charge on any atom is 0.337 e. The van der Waals surface area contributed by atoms with Crippen LogP contribution >= 0.6 is 0 Å². The Kier molecular flexibility index (Phi) is 6.64. The second-order valence-electron chi connectivity index (χ2n) is 4.91. The molecule has 0 amide bonds. The number of nitrogens with two attached hydrogens (primary N) is 1. The molecule has 0 bridgehead atoms. The number of primary sulfonamides is 1. The van der Waals surface area contributed by atoms with E-state index in [0.717, 1.165) is 6.42 Å². The summed E-state index contributed by atoms with van der Waals surface area (Å²) in [6.07, 6.45) is 1.25. The molecule has 0 radical (unpaired) electrons. The molecule has 0 heterocycles. The first-order valence-electron chi connectivity index (χ1n) is 6.63. The summed E-state index contributed by atoms with van der Waals surface area (Å²) < 4.78 is 31.9. The standard InChI is InChI=1S/C14H21NO5S/c1-11(8-10-21(15,17)18)7-9-20-13-5-3-12(4-6-13)14(16)19-2/h3-6,11H,7-10H2,1-2H3,(H2,15,17,18). The summed E-state index contributed by atoms with van der Waals surface area (Å²) in [5.74, 6) is 0.458. The molecule has 0 spiro atoms. The van der Waals surface area contributed by atoms with Gasteiger partial charge in [-0.15, -0.1) is 0 Å². The van der Waals surface area contributed by atoms with E-state index in [-0.39, 0.29) is 11.7 Å². The third kappa shape index (κ3) is 7.10. The summed E-state index contributed by atoms with van der Waals surface area (Å²) in [6.45, 7) is 2.43. The topological polar surface area (TPSA) is 95.7 Å². The fourth-order valence-corrected chi connectivity index (χ4v) is 2.42. The lowest BCUT2D eigenvalue weighted by Crippen LogP contribution is -2.18. The molecule has 0 saturated heterocycles. The van der Waals surface area contributed by atoms with E-state index in [1.165, 1.54) is 7.11 Å². The number of carbonyl (C=O) groups excluding carboxylic acids is 1. The highest BCUT2D eigenvalue weighted by Gasteiger charge is 2.09. The number of esters is 1. The summed E-state index contributed by atoms with van der Waals surface area (Å²) in [7, 11) is -2.07. The van der Waals surface area contributed by atoms with Gasteiger partial charge in [0.15, 0.2) is 0 Å². The highest BCUT2D eigenvalue weighted by atomic mass is 32.2. The first kappa shape index (κ1) is 17.5. The molecule has 0 aromatic heterocycles. The van der Waals surface area contributed by atoms with E-state index >= 15 is 0 Å². The van der Waals surface area contributed by atoms with E-state index < -0.39 is 16.0 Å². The molecule has 0 aliphatic carbocycles. The van der Waals surface area contributed by atoms with E-state index in [1.807, 2.05) is 6.92 Å². The van der Waals surface area contributed by atoms with E-state index in [2.05, 4.69) is 4.74 Å². The van der Waals surface area contributed by atoms with E-state index in [9.17, 15) is 13.2 Å². The number of ether oxygens (including phenoxy) is 2. The SMILES string of the molecule is COC(=O)c1ccc(OCCC(C)CCS(N)(=O)=O)cc1. The molecular formula is C14H21NO5S. The lowest BCUT2D eigenvalue weighted by atomic mass is 10.1. The van der Waals surface area contributed by atoms with Gasteiger partial charge in [0.25, 0.3) is 0 Å². The smallest absolute Gasteiger partial charge is 0.337 e. The molecule has 118 valence electrons. The van der Waals surface area contributed by atoms with Gasteiger partial charge >= 0.3 is 5.97 Å². The Hall–Kier alpha value is -1.60. The number of hydrogen-bond acceptors (Lipinski definition) is 5. The van der Waals surface area contributed by atoms with Gasteiger partial charge in [0, 0.05) is 0 Å². The Morgan fingerprint density at radius 3 is 2.38 bits per heavy atom. The van der Waals surface area contributed by atoms with Crippen LogP contribution in [0.5, 0.6) is 5.75 Å². The van der Waals surface area contributed by atoms with Crippen molar-refractivity contribution in [1.82, 2.24) is 0 Å². The second kappa shape index (κ2) is 7.99. The maximum atomic E-state index is 11.3. The van der Waals surface area contributed by atoms with Crippen molar-refractivity contribution >= 4 is 16.0 Å². The largest absolute Gasteiger partial charge is 0.494 e. The molecule has 2 N–H and O–H groups in total. The van der Waals surface area contributed by atoms with Crippen molar-refractivity contribution in [3.8, 4) is 5.75 Å². The van der Waals surface area contributed by atoms with Crippen molar-refractivity contribution in [2.45, 2.75) is 19.8 Å². The number of carbonyl (C=O) groups is 1. The van der Waals surface area contributed by atoms with Crippen molar-refractivity contribution in [3.63, 3.8) is 0 Å². The number of rotatable bonds is 8. The number of hydrogen-bond donors (Lipinski definition) is 1. The van der Waals surface area contributed by atoms with Crippen LogP contribution in [-0.4, -0.2) is 33.9 Å². The average Bonchev–Trinajstić information content (AvgIpc) is 2.44. The van der Waals surface area contributed by atoms with Crippen LogP contribution in [0.4, 0.5) is 0 Å². The van der Waals surface area contributed by atoms with E-state index in [4.69, 9.17) is 9.88 Å². The zero-order valence-electron chi connectivity index (χ0n) is 12.2. The Bertz CT molecular complexity index is 553. The van der Waals surface area contributed by atoms with Crippen molar-refractivity contribution in [3.05, 3.63) is 29.8 Å². The van der Waals surface area contributed by atoms with Gasteiger partial charge in [-0.3, -0.25) is 0 Å². The van der Waals surface area contributed by atoms with Crippen LogP contribution in [-0.2, 0) is 14.8 Å². The van der Waals surface area contributed by atoms with E-state index in [0.29, 0.717) is 24.3 Å². The molecule has 6 nitrogen and oxygen atoms in total. The number of sulfonamides is 1. The highest BCUT2D eigenvalue weighted by molar-refractivity contribution is 7.89. The lowest BCUT2D eigenvalue weighted by Gasteiger charge is -2.12. The van der Waals surface area contributed by atoms with Gasteiger partial charge in [-0.1, -0.05) is 6.92 Å². The number of benzene rings is 1. The van der Waals surface area contributed by atoms with Gasteiger partial charge in [-0.2, -0.15) is 0 Å². The van der Waals surface area contributed by atoms with Gasteiger partial charge in [0.05, 0.1) is 25.0 Å². The van der Waals surface area contributed by atoms with Crippen molar-refractivity contribution < 1.29 is 22.7 Å². The molecule has 21 heavy (non-hydrogen) atoms. The van der Waals surface area contributed by atoms with Crippen molar-refractivity contribution in [2.24, 2.45) is 11.1 Å². The van der Waals surface area contributed by atoms with Crippen LogP contribution in [0.15, 0.2) is 24.3 Å². The Balaban J connectivity index is 2.34. The van der Waals surface area contributed by atoms with Gasteiger partial charge in [-0.25, -0.2) is 18.4 Å². The first-order valence-corrected chi connectivity index (χ1v) is 8.35. The van der Waals surface area contributed by atoms with Crippen LogP contribution in [0, 0.1) is 5.92 Å². The van der Waals surface area contributed by atoms with Crippen molar-refractivity contribution in [1.29, 1.82) is 0 Å². The number of methoxy groups -OCH3 is 1. The normalized spacial score (nSPS) is 12.7. The minimum Gasteiger partial charge on any atom is -0.494 e. The van der Waals surface area contributed by atoms with Crippen LogP contribution in [0.3, 0.4) is 0 Å². The van der Waals surface area contributed by atoms with E-state index in [1.54, 1.807) is 24.3 Å². The molecule has 0 saturated carbocycles. The fourth-order valence-electron chi connectivity index (χ4n) is 1.69. The van der Waals surface area contributed by atoms with Crippen LogP contribution < -0.4 is 9.88 Å². The molecule has 1 rings (SSSR count). The first-order chi connectivity index (χ1) is 9.81. The van der Waals surface area contributed by atoms with Crippen LogP contribution in [0.25, 0.3) is 0 Å². The summed E-state index contributed by atoms with van der Waals surface area (Å²) in [6, 6.07) is 6.65. The predicted octanol–water partition coefficient (Wildman–Crippen LogP) is 1.56. The molecule has 0 fully saturated rings. The molecule has 7 heteroatoms. The molecule has 1 aromatic rings. The fraction of sp³-hybridized carbons (Fsp3) is 0.500. The van der Waals surface area contributed by atoms with Gasteiger partial charge in [0.2, 0.25) is 10.0 Å². The monoisotopic (exact) mass is 315 g/mol. The third-order valence-corrected chi connectivity index (χ3v) is 3.85. The maximum absolute atomic E-state index is 11.3. The summed E-state index contributed by atoms with van der Waals surface area (Å²) in [4.78, 5) is 11.3. The Labute approximate surface area is 125 Å². The molecule has 1 atom stereocenters. The van der Waals surface area contributed by atoms with Crippen molar-refractivity contribution in [2.75, 3.05) is 19.5 Å². The van der Waals surface area contributed by atoms with Gasteiger partial charge in [0.1, 0.15) is 5.75 Å². The highest BCUT2D eigenvalue weighted by Crippen LogP contribution is 2.15. The lowest BCUT2D eigenvalue weighted by molar-refractivity contribution is 0.0600. The Morgan fingerprint density at radius 1 is 1.24 bits per heavy atom. The molecule has 0 aliphatic heterocycles. The average molecular weight is 315 g/mol.